The van der Waals surface area contributed by atoms with Gasteiger partial charge in [-0.3, -0.25) is 4.90 Å². The lowest BCUT2D eigenvalue weighted by Crippen LogP contribution is -2.34. The van der Waals surface area contributed by atoms with Gasteiger partial charge in [0.1, 0.15) is 0 Å². The zero-order chi connectivity index (χ0) is 15.1. The van der Waals surface area contributed by atoms with Crippen LogP contribution >= 0.6 is 0 Å². The number of aryl methyl sites for hydroxylation is 1. The van der Waals surface area contributed by atoms with E-state index in [9.17, 15) is 0 Å². The Morgan fingerprint density at radius 3 is 2.24 bits per heavy atom. The van der Waals surface area contributed by atoms with Crippen LogP contribution in [-0.2, 0) is 6.54 Å². The largest absolute Gasteiger partial charge is 0.329 e. The van der Waals surface area contributed by atoms with Gasteiger partial charge >= 0.3 is 0 Å². The topological polar surface area (TPSA) is 29.3 Å². The second-order valence-electron chi connectivity index (χ2n) is 5.62. The van der Waals surface area contributed by atoms with Crippen LogP contribution < -0.4 is 5.73 Å². The summed E-state index contributed by atoms with van der Waals surface area (Å²) in [6.07, 6.45) is 1.13. The molecule has 0 fully saturated rings. The summed E-state index contributed by atoms with van der Waals surface area (Å²) in [4.78, 5) is 2.49. The highest BCUT2D eigenvalue weighted by molar-refractivity contribution is 5.25. The fraction of sp³-hybridized carbons (Fsp3) is 0.368. The minimum Gasteiger partial charge on any atom is -0.329 e. The zero-order valence-corrected chi connectivity index (χ0v) is 13.1. The van der Waals surface area contributed by atoms with Gasteiger partial charge in [-0.15, -0.1) is 0 Å². The molecule has 0 amide bonds. The molecule has 0 spiro atoms. The van der Waals surface area contributed by atoms with Crippen molar-refractivity contribution in [3.8, 4) is 0 Å². The lowest BCUT2D eigenvalue weighted by atomic mass is 10.0. The summed E-state index contributed by atoms with van der Waals surface area (Å²) in [6.45, 7) is 7.00. The van der Waals surface area contributed by atoms with E-state index in [2.05, 4.69) is 73.3 Å². The van der Waals surface area contributed by atoms with E-state index in [0.717, 1.165) is 19.5 Å². The Labute approximate surface area is 128 Å². The first-order valence-electron chi connectivity index (χ1n) is 7.79. The first-order valence-corrected chi connectivity index (χ1v) is 7.79. The first-order chi connectivity index (χ1) is 10.2. The predicted molar refractivity (Wildman–Crippen MR) is 90.1 cm³/mol. The second-order valence-corrected chi connectivity index (χ2v) is 5.62. The molecule has 0 aromatic heterocycles. The van der Waals surface area contributed by atoms with Gasteiger partial charge in [-0.05, 0) is 31.0 Å². The van der Waals surface area contributed by atoms with Crippen LogP contribution in [0.3, 0.4) is 0 Å². The van der Waals surface area contributed by atoms with E-state index in [4.69, 9.17) is 5.73 Å². The lowest BCUT2D eigenvalue weighted by molar-refractivity contribution is 0.193. The Balaban J connectivity index is 2.19. The number of rotatable bonds is 7. The Morgan fingerprint density at radius 2 is 1.67 bits per heavy atom. The number of nitrogens with two attached hydrogens (primary N) is 1. The molecular weight excluding hydrogens is 256 g/mol. The van der Waals surface area contributed by atoms with Gasteiger partial charge < -0.3 is 5.73 Å². The molecule has 0 aliphatic carbocycles. The van der Waals surface area contributed by atoms with Crippen LogP contribution in [0.2, 0.25) is 0 Å². The van der Waals surface area contributed by atoms with E-state index in [1.807, 2.05) is 0 Å². The van der Waals surface area contributed by atoms with E-state index in [0.29, 0.717) is 6.54 Å². The highest BCUT2D eigenvalue weighted by Crippen LogP contribution is 2.22. The summed E-state index contributed by atoms with van der Waals surface area (Å²) in [5.74, 6) is 0. The molecule has 2 N–H and O–H groups in total. The normalized spacial score (nSPS) is 12.6. The van der Waals surface area contributed by atoms with Crippen molar-refractivity contribution in [2.24, 2.45) is 5.73 Å². The smallest absolute Gasteiger partial charge is 0.0473 e. The van der Waals surface area contributed by atoms with Gasteiger partial charge in [0, 0.05) is 19.1 Å². The maximum atomic E-state index is 6.09. The van der Waals surface area contributed by atoms with Gasteiger partial charge in [0.2, 0.25) is 0 Å². The van der Waals surface area contributed by atoms with Crippen LogP contribution in [0.4, 0.5) is 0 Å². The van der Waals surface area contributed by atoms with E-state index >= 15 is 0 Å². The molecule has 0 aliphatic rings. The van der Waals surface area contributed by atoms with Crippen molar-refractivity contribution < 1.29 is 0 Å². The van der Waals surface area contributed by atoms with Crippen molar-refractivity contribution in [2.75, 3.05) is 13.1 Å². The summed E-state index contributed by atoms with van der Waals surface area (Å²) in [7, 11) is 0. The Bertz CT molecular complexity index is 519. The monoisotopic (exact) mass is 282 g/mol. The van der Waals surface area contributed by atoms with Crippen molar-refractivity contribution >= 4 is 0 Å². The molecule has 2 heteroatoms. The first kappa shape index (κ1) is 15.7. The third-order valence-electron chi connectivity index (χ3n) is 3.87. The molecule has 0 heterocycles. The highest BCUT2D eigenvalue weighted by Gasteiger charge is 2.18. The average molecular weight is 282 g/mol. The minimum atomic E-state index is 0.283. The summed E-state index contributed by atoms with van der Waals surface area (Å²) >= 11 is 0. The number of hydrogen-bond donors (Lipinski definition) is 1. The highest BCUT2D eigenvalue weighted by atomic mass is 15.2. The van der Waals surface area contributed by atoms with Crippen LogP contribution in [0.1, 0.15) is 36.1 Å². The van der Waals surface area contributed by atoms with E-state index < -0.39 is 0 Å². The number of nitrogens with zero attached hydrogens (tertiary/aromatic N) is 1. The van der Waals surface area contributed by atoms with Crippen molar-refractivity contribution in [2.45, 2.75) is 32.9 Å². The predicted octanol–water partition coefficient (Wildman–Crippen LogP) is 3.91. The molecule has 2 nitrogen and oxygen atoms in total. The SMILES string of the molecule is CCCN(Cc1ccccc1)C(CN)c1ccc(C)cc1. The second kappa shape index (κ2) is 7.96. The van der Waals surface area contributed by atoms with Gasteiger partial charge in [-0.2, -0.15) is 0 Å². The number of hydrogen-bond acceptors (Lipinski definition) is 2. The third kappa shape index (κ3) is 4.42. The molecule has 112 valence electrons. The molecule has 1 unspecified atom stereocenters. The van der Waals surface area contributed by atoms with Gasteiger partial charge in [-0.25, -0.2) is 0 Å². The van der Waals surface area contributed by atoms with Crippen LogP contribution in [0.5, 0.6) is 0 Å². The van der Waals surface area contributed by atoms with Gasteiger partial charge in [0.25, 0.3) is 0 Å². The molecule has 2 rings (SSSR count). The maximum absolute atomic E-state index is 6.09. The zero-order valence-electron chi connectivity index (χ0n) is 13.1. The number of benzene rings is 2. The molecule has 0 bridgehead atoms. The van der Waals surface area contributed by atoms with E-state index in [-0.39, 0.29) is 6.04 Å². The average Bonchev–Trinajstić information content (AvgIpc) is 2.51. The standard InChI is InChI=1S/C19H26N2/c1-3-13-21(15-17-7-5-4-6-8-17)19(14-20)18-11-9-16(2)10-12-18/h4-12,19H,3,13-15,20H2,1-2H3. The summed E-state index contributed by atoms with van der Waals surface area (Å²) < 4.78 is 0. The Morgan fingerprint density at radius 1 is 1.00 bits per heavy atom. The summed E-state index contributed by atoms with van der Waals surface area (Å²) in [5, 5.41) is 0. The molecular formula is C19H26N2. The molecule has 2 aromatic carbocycles. The molecule has 0 saturated heterocycles. The molecule has 21 heavy (non-hydrogen) atoms. The fourth-order valence-corrected chi connectivity index (χ4v) is 2.73. The fourth-order valence-electron chi connectivity index (χ4n) is 2.73. The van der Waals surface area contributed by atoms with Crippen LogP contribution in [0.25, 0.3) is 0 Å². The quantitative estimate of drug-likeness (QED) is 0.834. The molecule has 0 radical (unpaired) electrons. The van der Waals surface area contributed by atoms with E-state index in [1.165, 1.54) is 16.7 Å². The molecule has 0 saturated carbocycles. The Hall–Kier alpha value is -1.64. The van der Waals surface area contributed by atoms with Crippen molar-refractivity contribution in [1.29, 1.82) is 0 Å². The minimum absolute atomic E-state index is 0.283. The van der Waals surface area contributed by atoms with Crippen LogP contribution in [-0.4, -0.2) is 18.0 Å². The maximum Gasteiger partial charge on any atom is 0.0473 e. The van der Waals surface area contributed by atoms with Crippen molar-refractivity contribution in [1.82, 2.24) is 4.90 Å². The van der Waals surface area contributed by atoms with Crippen LogP contribution in [0, 0.1) is 6.92 Å². The van der Waals surface area contributed by atoms with Crippen molar-refractivity contribution in [3.05, 3.63) is 71.3 Å². The Kier molecular flexibility index (Phi) is 5.97. The van der Waals surface area contributed by atoms with Gasteiger partial charge in [0.05, 0.1) is 0 Å². The summed E-state index contributed by atoms with van der Waals surface area (Å²) in [5.41, 5.74) is 10.0. The molecule has 2 aromatic rings. The summed E-state index contributed by atoms with van der Waals surface area (Å²) in [6, 6.07) is 19.7. The van der Waals surface area contributed by atoms with E-state index in [1.54, 1.807) is 0 Å². The third-order valence-corrected chi connectivity index (χ3v) is 3.87. The molecule has 0 aliphatic heterocycles. The van der Waals surface area contributed by atoms with Gasteiger partial charge in [0.15, 0.2) is 0 Å². The van der Waals surface area contributed by atoms with Gasteiger partial charge in [-0.1, -0.05) is 67.1 Å². The molecule has 1 atom stereocenters. The van der Waals surface area contributed by atoms with Crippen LogP contribution in [0.15, 0.2) is 54.6 Å². The lowest BCUT2D eigenvalue weighted by Gasteiger charge is -2.31. The van der Waals surface area contributed by atoms with Crippen molar-refractivity contribution in [3.63, 3.8) is 0 Å².